The van der Waals surface area contributed by atoms with Gasteiger partial charge in [0.05, 0.1) is 6.20 Å². The molecule has 0 amide bonds. The smallest absolute Gasteiger partial charge is 0.225 e. The Bertz CT molecular complexity index is 785. The summed E-state index contributed by atoms with van der Waals surface area (Å²) in [4.78, 5) is 13.2. The summed E-state index contributed by atoms with van der Waals surface area (Å²) in [6.45, 7) is 3.48. The number of nitrogens with zero attached hydrogens (tertiary/aromatic N) is 6. The SMILES string of the molecule is c1ccc(-c2ccnnc2N2CCN(c3ncccn3)CC2)cc1. The van der Waals surface area contributed by atoms with Crippen molar-refractivity contribution in [3.63, 3.8) is 0 Å². The molecule has 0 radical (unpaired) electrons. The van der Waals surface area contributed by atoms with Crippen LogP contribution in [-0.4, -0.2) is 46.3 Å². The molecule has 0 atom stereocenters. The number of piperazine rings is 1. The van der Waals surface area contributed by atoms with Crippen LogP contribution < -0.4 is 9.80 Å². The Morgan fingerprint density at radius 3 is 2.17 bits per heavy atom. The van der Waals surface area contributed by atoms with Gasteiger partial charge in [-0.25, -0.2) is 9.97 Å². The van der Waals surface area contributed by atoms with Crippen LogP contribution >= 0.6 is 0 Å². The lowest BCUT2D eigenvalue weighted by Gasteiger charge is -2.35. The third-order valence-corrected chi connectivity index (χ3v) is 4.20. The van der Waals surface area contributed by atoms with Gasteiger partial charge in [-0.1, -0.05) is 30.3 Å². The molecule has 1 aliphatic rings. The van der Waals surface area contributed by atoms with Crippen molar-refractivity contribution in [3.05, 3.63) is 61.1 Å². The van der Waals surface area contributed by atoms with Crippen LogP contribution in [0.25, 0.3) is 11.1 Å². The van der Waals surface area contributed by atoms with Gasteiger partial charge in [-0.05, 0) is 17.7 Å². The van der Waals surface area contributed by atoms with E-state index in [2.05, 4.69) is 42.1 Å². The largest absolute Gasteiger partial charge is 0.351 e. The number of hydrogen-bond donors (Lipinski definition) is 0. The fourth-order valence-electron chi connectivity index (χ4n) is 2.97. The van der Waals surface area contributed by atoms with Crippen LogP contribution in [0.1, 0.15) is 0 Å². The average Bonchev–Trinajstić information content (AvgIpc) is 2.69. The molecule has 0 aliphatic carbocycles. The Labute approximate surface area is 140 Å². The summed E-state index contributed by atoms with van der Waals surface area (Å²) in [5.74, 6) is 1.73. The minimum Gasteiger partial charge on any atom is -0.351 e. The van der Waals surface area contributed by atoms with Crippen molar-refractivity contribution in [2.45, 2.75) is 0 Å². The zero-order valence-electron chi connectivity index (χ0n) is 13.3. The van der Waals surface area contributed by atoms with E-state index in [1.54, 1.807) is 18.6 Å². The highest BCUT2D eigenvalue weighted by Gasteiger charge is 2.22. The molecular weight excluding hydrogens is 300 g/mol. The van der Waals surface area contributed by atoms with Crippen molar-refractivity contribution in [2.75, 3.05) is 36.0 Å². The summed E-state index contributed by atoms with van der Waals surface area (Å²) in [5.41, 5.74) is 2.28. The van der Waals surface area contributed by atoms with E-state index in [4.69, 9.17) is 0 Å². The molecule has 3 heterocycles. The molecule has 0 unspecified atom stereocenters. The van der Waals surface area contributed by atoms with Gasteiger partial charge >= 0.3 is 0 Å². The minimum absolute atomic E-state index is 0.791. The first-order valence-electron chi connectivity index (χ1n) is 8.06. The quantitative estimate of drug-likeness (QED) is 0.738. The summed E-state index contributed by atoms with van der Waals surface area (Å²) in [5, 5.41) is 8.50. The lowest BCUT2D eigenvalue weighted by molar-refractivity contribution is 0.632. The van der Waals surface area contributed by atoms with E-state index in [0.29, 0.717) is 0 Å². The highest BCUT2D eigenvalue weighted by atomic mass is 15.3. The molecule has 6 nitrogen and oxygen atoms in total. The van der Waals surface area contributed by atoms with Crippen molar-refractivity contribution >= 4 is 11.8 Å². The van der Waals surface area contributed by atoms with E-state index >= 15 is 0 Å². The molecule has 4 rings (SSSR count). The van der Waals surface area contributed by atoms with Crippen molar-refractivity contribution in [1.29, 1.82) is 0 Å². The second kappa shape index (κ2) is 6.62. The molecule has 1 aromatic carbocycles. The summed E-state index contributed by atoms with van der Waals surface area (Å²) in [6, 6.07) is 14.2. The summed E-state index contributed by atoms with van der Waals surface area (Å²) < 4.78 is 0. The predicted molar refractivity (Wildman–Crippen MR) is 93.9 cm³/mol. The number of hydrogen-bond acceptors (Lipinski definition) is 6. The highest BCUT2D eigenvalue weighted by molar-refractivity contribution is 5.75. The number of anilines is 2. The Kier molecular flexibility index (Phi) is 4.02. The standard InChI is InChI=1S/C18H18N6/c1-2-5-15(6-3-1)16-7-10-21-22-17(16)23-11-13-24(14-12-23)18-19-8-4-9-20-18/h1-10H,11-14H2. The highest BCUT2D eigenvalue weighted by Crippen LogP contribution is 2.28. The maximum absolute atomic E-state index is 4.40. The number of benzene rings is 1. The first-order chi connectivity index (χ1) is 11.9. The zero-order valence-corrected chi connectivity index (χ0v) is 13.3. The lowest BCUT2D eigenvalue weighted by Crippen LogP contribution is -2.47. The maximum Gasteiger partial charge on any atom is 0.225 e. The molecule has 24 heavy (non-hydrogen) atoms. The predicted octanol–water partition coefficient (Wildman–Crippen LogP) is 2.26. The van der Waals surface area contributed by atoms with Crippen LogP contribution in [0.3, 0.4) is 0 Å². The van der Waals surface area contributed by atoms with Gasteiger partial charge in [0, 0.05) is 44.1 Å². The van der Waals surface area contributed by atoms with Crippen molar-refractivity contribution in [3.8, 4) is 11.1 Å². The maximum atomic E-state index is 4.40. The topological polar surface area (TPSA) is 58.0 Å². The molecule has 0 saturated carbocycles. The van der Waals surface area contributed by atoms with Crippen LogP contribution in [0.5, 0.6) is 0 Å². The Morgan fingerprint density at radius 1 is 0.708 bits per heavy atom. The third-order valence-electron chi connectivity index (χ3n) is 4.20. The van der Waals surface area contributed by atoms with Gasteiger partial charge in [0.15, 0.2) is 5.82 Å². The van der Waals surface area contributed by atoms with Crippen LogP contribution in [0.2, 0.25) is 0 Å². The molecule has 1 aliphatic heterocycles. The van der Waals surface area contributed by atoms with Gasteiger partial charge < -0.3 is 9.80 Å². The van der Waals surface area contributed by atoms with Crippen LogP contribution in [-0.2, 0) is 0 Å². The lowest BCUT2D eigenvalue weighted by atomic mass is 10.1. The molecule has 3 aromatic rings. The van der Waals surface area contributed by atoms with Crippen LogP contribution in [0.15, 0.2) is 61.1 Å². The second-order valence-corrected chi connectivity index (χ2v) is 5.66. The zero-order chi connectivity index (χ0) is 16.2. The normalized spacial score (nSPS) is 14.7. The first kappa shape index (κ1) is 14.6. The van der Waals surface area contributed by atoms with E-state index < -0.39 is 0 Å². The van der Waals surface area contributed by atoms with E-state index in [0.717, 1.165) is 49.1 Å². The summed E-state index contributed by atoms with van der Waals surface area (Å²) >= 11 is 0. The molecule has 120 valence electrons. The van der Waals surface area contributed by atoms with E-state index in [9.17, 15) is 0 Å². The van der Waals surface area contributed by atoms with Crippen molar-refractivity contribution < 1.29 is 0 Å². The minimum atomic E-state index is 0.791. The molecule has 6 heteroatoms. The molecular formula is C18H18N6. The van der Waals surface area contributed by atoms with Gasteiger partial charge in [0.2, 0.25) is 5.95 Å². The summed E-state index contributed by atoms with van der Waals surface area (Å²) in [7, 11) is 0. The monoisotopic (exact) mass is 318 g/mol. The summed E-state index contributed by atoms with van der Waals surface area (Å²) in [6.07, 6.45) is 5.32. The molecule has 0 bridgehead atoms. The van der Waals surface area contributed by atoms with E-state index in [-0.39, 0.29) is 0 Å². The van der Waals surface area contributed by atoms with Gasteiger partial charge in [0.1, 0.15) is 0 Å². The molecule has 0 N–H and O–H groups in total. The van der Waals surface area contributed by atoms with Gasteiger partial charge in [-0.3, -0.25) is 0 Å². The van der Waals surface area contributed by atoms with Crippen molar-refractivity contribution in [2.24, 2.45) is 0 Å². The molecule has 0 spiro atoms. The second-order valence-electron chi connectivity index (χ2n) is 5.66. The Morgan fingerprint density at radius 2 is 1.42 bits per heavy atom. The molecule has 1 fully saturated rings. The fourth-order valence-corrected chi connectivity index (χ4v) is 2.97. The number of rotatable bonds is 3. The van der Waals surface area contributed by atoms with Gasteiger partial charge in [0.25, 0.3) is 0 Å². The van der Waals surface area contributed by atoms with Crippen LogP contribution in [0, 0.1) is 0 Å². The number of aromatic nitrogens is 4. The van der Waals surface area contributed by atoms with Gasteiger partial charge in [-0.2, -0.15) is 5.10 Å². The fraction of sp³-hybridized carbons (Fsp3) is 0.222. The first-order valence-corrected chi connectivity index (χ1v) is 8.06. The van der Waals surface area contributed by atoms with Gasteiger partial charge in [-0.15, -0.1) is 5.10 Å². The van der Waals surface area contributed by atoms with Crippen LogP contribution in [0.4, 0.5) is 11.8 Å². The average molecular weight is 318 g/mol. The van der Waals surface area contributed by atoms with E-state index in [1.165, 1.54) is 0 Å². The third kappa shape index (κ3) is 2.90. The molecule has 1 saturated heterocycles. The molecule has 2 aromatic heterocycles. The van der Waals surface area contributed by atoms with Crippen molar-refractivity contribution in [1.82, 2.24) is 20.2 Å². The Hall–Kier alpha value is -3.02. The Balaban J connectivity index is 1.54. The van der Waals surface area contributed by atoms with E-state index in [1.807, 2.05) is 30.3 Å².